The van der Waals surface area contributed by atoms with Crippen LogP contribution in [-0.4, -0.2) is 20.9 Å². The second kappa shape index (κ2) is 5.77. The van der Waals surface area contributed by atoms with Crippen LogP contribution in [0.5, 0.6) is 0 Å². The molecule has 0 unspecified atom stereocenters. The molecule has 84 valence electrons. The SMILES string of the molecule is CCCC[Te]c1cccc(C(F)(F)F)c1. The first-order valence-corrected chi connectivity index (χ1v) is 7.65. The molecular formula is C11H13F3Te. The first-order chi connectivity index (χ1) is 7.04. The number of alkyl halides is 3. The van der Waals surface area contributed by atoms with Crippen molar-refractivity contribution < 1.29 is 13.2 Å². The van der Waals surface area contributed by atoms with E-state index in [1.807, 2.05) is 6.07 Å². The molecule has 0 aliphatic rings. The van der Waals surface area contributed by atoms with Gasteiger partial charge in [0.15, 0.2) is 0 Å². The van der Waals surface area contributed by atoms with Gasteiger partial charge in [-0.1, -0.05) is 0 Å². The van der Waals surface area contributed by atoms with Gasteiger partial charge in [-0.15, -0.1) is 0 Å². The molecule has 0 aliphatic carbocycles. The van der Waals surface area contributed by atoms with E-state index in [-0.39, 0.29) is 0 Å². The summed E-state index contributed by atoms with van der Waals surface area (Å²) in [7, 11) is 0. The van der Waals surface area contributed by atoms with Gasteiger partial charge in [0.25, 0.3) is 0 Å². The summed E-state index contributed by atoms with van der Waals surface area (Å²) in [6.07, 6.45) is -1.96. The number of unbranched alkanes of at least 4 members (excludes halogenated alkanes) is 1. The van der Waals surface area contributed by atoms with Crippen LogP contribution in [0, 0.1) is 0 Å². The van der Waals surface area contributed by atoms with Crippen molar-refractivity contribution in [3.8, 4) is 0 Å². The van der Waals surface area contributed by atoms with Crippen LogP contribution < -0.4 is 3.61 Å². The Labute approximate surface area is 98.0 Å². The maximum atomic E-state index is 12.4. The zero-order valence-electron chi connectivity index (χ0n) is 8.47. The van der Waals surface area contributed by atoms with Crippen LogP contribution in [0.15, 0.2) is 24.3 Å². The van der Waals surface area contributed by atoms with Crippen molar-refractivity contribution in [1.82, 2.24) is 0 Å². The Bertz CT molecular complexity index is 307. The normalized spacial score (nSPS) is 11.7. The van der Waals surface area contributed by atoms with Crippen LogP contribution >= 0.6 is 0 Å². The van der Waals surface area contributed by atoms with Gasteiger partial charge >= 0.3 is 97.9 Å². The fraction of sp³-hybridized carbons (Fsp3) is 0.455. The molecule has 0 spiro atoms. The molecule has 0 N–H and O–H groups in total. The van der Waals surface area contributed by atoms with Crippen molar-refractivity contribution in [2.45, 2.75) is 30.4 Å². The zero-order valence-corrected chi connectivity index (χ0v) is 10.8. The summed E-state index contributed by atoms with van der Waals surface area (Å²) in [6.45, 7) is 2.10. The summed E-state index contributed by atoms with van der Waals surface area (Å²) >= 11 is -0.423. The Morgan fingerprint density at radius 2 is 2.00 bits per heavy atom. The molecule has 0 aromatic heterocycles. The minimum atomic E-state index is -4.20. The third kappa shape index (κ3) is 4.44. The van der Waals surface area contributed by atoms with Crippen LogP contribution in [-0.2, 0) is 6.18 Å². The topological polar surface area (TPSA) is 0 Å². The van der Waals surface area contributed by atoms with Gasteiger partial charge < -0.3 is 0 Å². The Kier molecular flexibility index (Phi) is 4.95. The zero-order chi connectivity index (χ0) is 11.3. The summed E-state index contributed by atoms with van der Waals surface area (Å²) in [5, 5.41) is 0. The summed E-state index contributed by atoms with van der Waals surface area (Å²) in [4.78, 5) is 0. The van der Waals surface area contributed by atoms with Crippen molar-refractivity contribution >= 4 is 24.5 Å². The van der Waals surface area contributed by atoms with Crippen molar-refractivity contribution in [2.75, 3.05) is 0 Å². The fourth-order valence-corrected chi connectivity index (χ4v) is 4.10. The van der Waals surface area contributed by atoms with Gasteiger partial charge in [0.1, 0.15) is 0 Å². The molecular weight excluding hydrogens is 317 g/mol. The van der Waals surface area contributed by atoms with Gasteiger partial charge in [0, 0.05) is 0 Å². The van der Waals surface area contributed by atoms with E-state index in [0.717, 1.165) is 27.0 Å². The quantitative estimate of drug-likeness (QED) is 0.587. The van der Waals surface area contributed by atoms with Gasteiger partial charge in [-0.05, 0) is 0 Å². The van der Waals surface area contributed by atoms with Crippen LogP contribution in [0.25, 0.3) is 0 Å². The van der Waals surface area contributed by atoms with E-state index in [4.69, 9.17) is 0 Å². The number of rotatable bonds is 4. The molecule has 1 aromatic carbocycles. The second-order valence-electron chi connectivity index (χ2n) is 3.23. The molecule has 0 saturated carbocycles. The van der Waals surface area contributed by atoms with Crippen LogP contribution in [0.4, 0.5) is 13.2 Å². The maximum absolute atomic E-state index is 12.4. The number of benzene rings is 1. The Hall–Kier alpha value is -0.200. The van der Waals surface area contributed by atoms with Gasteiger partial charge in [0.05, 0.1) is 0 Å². The summed E-state index contributed by atoms with van der Waals surface area (Å²) < 4.78 is 39.1. The first kappa shape index (κ1) is 12.9. The molecule has 0 saturated heterocycles. The first-order valence-electron chi connectivity index (χ1n) is 4.84. The summed E-state index contributed by atoms with van der Waals surface area (Å²) in [5.41, 5.74) is -0.512. The van der Waals surface area contributed by atoms with Crippen molar-refractivity contribution in [1.29, 1.82) is 0 Å². The van der Waals surface area contributed by atoms with Gasteiger partial charge in [0.2, 0.25) is 0 Å². The molecule has 0 heterocycles. The van der Waals surface area contributed by atoms with Crippen LogP contribution in [0.1, 0.15) is 25.3 Å². The molecule has 0 atom stereocenters. The third-order valence-electron chi connectivity index (χ3n) is 1.93. The second-order valence-corrected chi connectivity index (χ2v) is 6.56. The molecule has 4 heteroatoms. The Morgan fingerprint density at radius 1 is 1.27 bits per heavy atom. The predicted octanol–water partition coefficient (Wildman–Crippen LogP) is 3.25. The van der Waals surface area contributed by atoms with E-state index in [9.17, 15) is 13.2 Å². The average molecular weight is 330 g/mol. The Balaban J connectivity index is 2.66. The van der Waals surface area contributed by atoms with E-state index in [2.05, 4.69) is 6.92 Å². The van der Waals surface area contributed by atoms with E-state index in [1.165, 1.54) is 12.1 Å². The predicted molar refractivity (Wildman–Crippen MR) is 56.5 cm³/mol. The number of hydrogen-bond donors (Lipinski definition) is 0. The van der Waals surface area contributed by atoms with Gasteiger partial charge in [-0.2, -0.15) is 0 Å². The van der Waals surface area contributed by atoms with E-state index < -0.39 is 32.7 Å². The van der Waals surface area contributed by atoms with Gasteiger partial charge in [-0.3, -0.25) is 0 Å². The molecule has 0 fully saturated rings. The fourth-order valence-electron chi connectivity index (χ4n) is 1.10. The van der Waals surface area contributed by atoms with Crippen LogP contribution in [0.3, 0.4) is 0 Å². The summed E-state index contributed by atoms with van der Waals surface area (Å²) in [6, 6.07) is 5.76. The van der Waals surface area contributed by atoms with Crippen molar-refractivity contribution in [3.63, 3.8) is 0 Å². The number of halogens is 3. The number of hydrogen-bond acceptors (Lipinski definition) is 0. The van der Waals surface area contributed by atoms with E-state index >= 15 is 0 Å². The monoisotopic (exact) mass is 332 g/mol. The van der Waals surface area contributed by atoms with Crippen LogP contribution in [0.2, 0.25) is 4.47 Å². The molecule has 15 heavy (non-hydrogen) atoms. The molecule has 0 aliphatic heterocycles. The van der Waals surface area contributed by atoms with E-state index in [1.54, 1.807) is 0 Å². The summed E-state index contributed by atoms with van der Waals surface area (Å²) in [5.74, 6) is 0. The molecule has 0 amide bonds. The average Bonchev–Trinajstić information content (AvgIpc) is 2.17. The minimum absolute atomic E-state index is 0.423. The molecule has 0 bridgehead atoms. The standard InChI is InChI=1S/C11H13F3Te/c1-2-3-7-15-10-6-4-5-9(8-10)11(12,13)14/h4-6,8H,2-3,7H2,1H3. The third-order valence-corrected chi connectivity index (χ3v) is 5.01. The van der Waals surface area contributed by atoms with Gasteiger partial charge in [-0.25, -0.2) is 0 Å². The molecule has 0 nitrogen and oxygen atoms in total. The molecule has 1 aromatic rings. The van der Waals surface area contributed by atoms with Crippen molar-refractivity contribution in [3.05, 3.63) is 29.8 Å². The Morgan fingerprint density at radius 3 is 2.60 bits per heavy atom. The van der Waals surface area contributed by atoms with Crippen molar-refractivity contribution in [2.24, 2.45) is 0 Å². The molecule has 0 radical (unpaired) electrons. The molecule has 1 rings (SSSR count). The van der Waals surface area contributed by atoms with E-state index in [0.29, 0.717) is 0 Å².